The summed E-state index contributed by atoms with van der Waals surface area (Å²) in [6.07, 6.45) is 0.886. The Bertz CT molecular complexity index is 1510. The van der Waals surface area contributed by atoms with Crippen LogP contribution in [-0.4, -0.2) is 43.0 Å². The summed E-state index contributed by atoms with van der Waals surface area (Å²) < 4.78 is 21.2. The van der Waals surface area contributed by atoms with E-state index in [2.05, 4.69) is 0 Å². The van der Waals surface area contributed by atoms with E-state index in [0.29, 0.717) is 16.9 Å². The minimum absolute atomic E-state index is 0.0913. The molecule has 12 heteroatoms. The van der Waals surface area contributed by atoms with E-state index in [9.17, 15) is 29.8 Å². The van der Waals surface area contributed by atoms with Crippen LogP contribution in [0.1, 0.15) is 50.1 Å². The number of carbonyl (C=O) groups excluding carboxylic acids is 3. The molecule has 0 spiro atoms. The van der Waals surface area contributed by atoms with Gasteiger partial charge in [0, 0.05) is 29.5 Å². The monoisotopic (exact) mass is 552 g/mol. The average Bonchev–Trinajstić information content (AvgIpc) is 3.51. The summed E-state index contributed by atoms with van der Waals surface area (Å²) in [5.41, 5.74) is 0.312. The van der Waals surface area contributed by atoms with Crippen molar-refractivity contribution in [2.24, 2.45) is 0 Å². The van der Waals surface area contributed by atoms with Crippen molar-refractivity contribution in [1.82, 2.24) is 0 Å². The van der Waals surface area contributed by atoms with Crippen LogP contribution in [0.4, 0.5) is 5.69 Å². The number of benzene rings is 1. The van der Waals surface area contributed by atoms with Crippen molar-refractivity contribution in [1.29, 1.82) is 5.26 Å². The minimum Gasteiger partial charge on any atom is -0.496 e. The van der Waals surface area contributed by atoms with Crippen molar-refractivity contribution >= 4 is 40.8 Å². The lowest BCUT2D eigenvalue weighted by molar-refractivity contribution is -0.384. The molecule has 11 nitrogen and oxygen atoms in total. The number of allylic oxidation sites excluding steroid dienone is 1. The summed E-state index contributed by atoms with van der Waals surface area (Å²) in [4.78, 5) is 49.2. The fourth-order valence-corrected chi connectivity index (χ4v) is 4.88. The summed E-state index contributed by atoms with van der Waals surface area (Å²) >= 11 is 0.935. The molecule has 0 N–H and O–H groups in total. The van der Waals surface area contributed by atoms with Crippen LogP contribution in [0.2, 0.25) is 0 Å². The number of furan rings is 1. The Kier molecular flexibility index (Phi) is 9.35. The molecule has 0 saturated heterocycles. The number of thiophene rings is 1. The molecule has 0 radical (unpaired) electrons. The van der Waals surface area contributed by atoms with Crippen LogP contribution >= 0.6 is 11.3 Å². The van der Waals surface area contributed by atoms with Gasteiger partial charge in [-0.1, -0.05) is 0 Å². The first-order valence-corrected chi connectivity index (χ1v) is 12.5. The molecule has 0 atom stereocenters. The highest BCUT2D eigenvalue weighted by Gasteiger charge is 2.28. The summed E-state index contributed by atoms with van der Waals surface area (Å²) in [7, 11) is 1.41. The Labute approximate surface area is 227 Å². The number of rotatable bonds is 11. The second-order valence-electron chi connectivity index (χ2n) is 7.91. The van der Waals surface area contributed by atoms with E-state index in [0.717, 1.165) is 11.3 Å². The van der Waals surface area contributed by atoms with Crippen LogP contribution < -0.4 is 4.74 Å². The van der Waals surface area contributed by atoms with Crippen molar-refractivity contribution in [3.8, 4) is 23.1 Å². The first-order valence-electron chi connectivity index (χ1n) is 11.7. The summed E-state index contributed by atoms with van der Waals surface area (Å²) in [5.74, 6) is -1.23. The normalized spacial score (nSPS) is 11.0. The summed E-state index contributed by atoms with van der Waals surface area (Å²) in [6, 6.07) is 8.88. The van der Waals surface area contributed by atoms with Gasteiger partial charge >= 0.3 is 11.9 Å². The van der Waals surface area contributed by atoms with E-state index >= 15 is 0 Å². The molecule has 3 aromatic rings. The molecular weight excluding hydrogens is 528 g/mol. The fourth-order valence-electron chi connectivity index (χ4n) is 3.70. The van der Waals surface area contributed by atoms with Gasteiger partial charge < -0.3 is 18.6 Å². The van der Waals surface area contributed by atoms with Crippen LogP contribution in [0.3, 0.4) is 0 Å². The molecule has 0 aliphatic heterocycles. The van der Waals surface area contributed by atoms with Gasteiger partial charge in [0.25, 0.3) is 5.69 Å². The number of ketones is 1. The molecule has 0 fully saturated rings. The van der Waals surface area contributed by atoms with Gasteiger partial charge in [0.2, 0.25) is 0 Å². The first kappa shape index (κ1) is 28.8. The maximum atomic E-state index is 13.1. The van der Waals surface area contributed by atoms with Gasteiger partial charge in [0.1, 0.15) is 28.2 Å². The Balaban J connectivity index is 1.95. The largest absolute Gasteiger partial charge is 0.496 e. The molecule has 1 aromatic carbocycles. The Morgan fingerprint density at radius 1 is 1.13 bits per heavy atom. The van der Waals surface area contributed by atoms with E-state index in [1.165, 1.54) is 43.5 Å². The quantitative estimate of drug-likeness (QED) is 0.100. The molecule has 0 aliphatic rings. The van der Waals surface area contributed by atoms with Crippen molar-refractivity contribution in [3.05, 3.63) is 72.7 Å². The highest BCUT2D eigenvalue weighted by molar-refractivity contribution is 7.14. The molecule has 0 unspecified atom stereocenters. The third-order valence-corrected chi connectivity index (χ3v) is 6.75. The number of esters is 2. The van der Waals surface area contributed by atoms with Gasteiger partial charge in [0.05, 0.1) is 41.9 Å². The minimum atomic E-state index is -0.686. The lowest BCUT2D eigenvalue weighted by atomic mass is 10.0. The van der Waals surface area contributed by atoms with Gasteiger partial charge in [0.15, 0.2) is 5.78 Å². The van der Waals surface area contributed by atoms with Gasteiger partial charge in [-0.25, -0.2) is 9.59 Å². The maximum absolute atomic E-state index is 13.1. The molecule has 2 aromatic heterocycles. The van der Waals surface area contributed by atoms with E-state index in [4.69, 9.17) is 18.6 Å². The van der Waals surface area contributed by atoms with Crippen LogP contribution in [0.15, 0.2) is 40.3 Å². The number of Topliss-reactive ketones (excluding diaryl/α,β-unsaturated/α-hetero) is 1. The number of carbonyl (C=O) groups is 3. The molecule has 202 valence electrons. The molecule has 0 bridgehead atoms. The van der Waals surface area contributed by atoms with Crippen molar-refractivity contribution in [3.63, 3.8) is 0 Å². The van der Waals surface area contributed by atoms with Crippen molar-refractivity contribution in [2.45, 2.75) is 27.2 Å². The van der Waals surface area contributed by atoms with Gasteiger partial charge in [-0.15, -0.1) is 11.3 Å². The Morgan fingerprint density at radius 2 is 1.82 bits per heavy atom. The number of ether oxygens (including phenoxy) is 3. The highest BCUT2D eigenvalue weighted by Crippen LogP contribution is 2.35. The predicted molar refractivity (Wildman–Crippen MR) is 141 cm³/mol. The fraction of sp³-hybridized carbons (Fsp3) is 0.259. The zero-order valence-electron chi connectivity index (χ0n) is 21.6. The second kappa shape index (κ2) is 12.7. The van der Waals surface area contributed by atoms with Gasteiger partial charge in [-0.05, 0) is 44.5 Å². The average molecular weight is 553 g/mol. The summed E-state index contributed by atoms with van der Waals surface area (Å²) in [6.45, 7) is 5.07. The number of nitrogens with zero attached hydrogens (tertiary/aromatic N) is 2. The zero-order chi connectivity index (χ0) is 28.7. The number of nitro groups is 1. The summed E-state index contributed by atoms with van der Waals surface area (Å²) in [5, 5.41) is 20.9. The first-order chi connectivity index (χ1) is 18.6. The van der Waals surface area contributed by atoms with Crippen LogP contribution in [-0.2, 0) is 20.7 Å². The maximum Gasteiger partial charge on any atom is 0.348 e. The number of non-ortho nitro benzene ring substituents is 1. The van der Waals surface area contributed by atoms with Crippen molar-refractivity contribution < 1.29 is 37.9 Å². The van der Waals surface area contributed by atoms with Gasteiger partial charge in [-0.2, -0.15) is 5.26 Å². The number of methoxy groups -OCH3 is 1. The molecule has 0 saturated carbocycles. The topological polar surface area (TPSA) is 159 Å². The van der Waals surface area contributed by atoms with E-state index < -0.39 is 22.6 Å². The lowest BCUT2D eigenvalue weighted by Crippen LogP contribution is -2.12. The lowest BCUT2D eigenvalue weighted by Gasteiger charge is -2.06. The van der Waals surface area contributed by atoms with E-state index in [-0.39, 0.29) is 57.7 Å². The number of nitriles is 1. The number of hydrogen-bond acceptors (Lipinski definition) is 11. The van der Waals surface area contributed by atoms with Gasteiger partial charge in [-0.3, -0.25) is 14.9 Å². The van der Waals surface area contributed by atoms with E-state index in [1.54, 1.807) is 20.8 Å². The standard InChI is InChI=1S/C27H24N2O9S/c1-5-36-26(31)24-15(3)25(27(32)37-6-2)39-23(24)13-20(30)16(14-28)11-18-8-10-22(38-18)19-12-17(29(33)34)7-9-21(19)35-4/h7-12H,5-6,13H2,1-4H3. The molecule has 0 aliphatic carbocycles. The number of nitro benzene ring substituents is 1. The van der Waals surface area contributed by atoms with E-state index in [1.807, 2.05) is 6.07 Å². The molecule has 3 rings (SSSR count). The smallest absolute Gasteiger partial charge is 0.348 e. The number of hydrogen-bond donors (Lipinski definition) is 0. The van der Waals surface area contributed by atoms with Crippen LogP contribution in [0.5, 0.6) is 5.75 Å². The third-order valence-electron chi connectivity index (χ3n) is 5.47. The molecule has 2 heterocycles. The molecule has 39 heavy (non-hydrogen) atoms. The third kappa shape index (κ3) is 6.39. The van der Waals surface area contributed by atoms with Crippen LogP contribution in [0, 0.1) is 28.4 Å². The van der Waals surface area contributed by atoms with Crippen molar-refractivity contribution in [2.75, 3.05) is 20.3 Å². The molecule has 0 amide bonds. The molecular formula is C27H24N2O9S. The van der Waals surface area contributed by atoms with Crippen LogP contribution in [0.25, 0.3) is 17.4 Å². The SMILES string of the molecule is CCOC(=O)c1sc(CC(=O)C(C#N)=Cc2ccc(-c3cc([N+](=O)[O-])ccc3OC)o2)c(C(=O)OCC)c1C. The Hall–Kier alpha value is -4.76. The second-order valence-corrected chi connectivity index (χ2v) is 9.01. The predicted octanol–water partition coefficient (Wildman–Crippen LogP) is 5.31. The Morgan fingerprint density at radius 3 is 2.44 bits per heavy atom. The highest BCUT2D eigenvalue weighted by atomic mass is 32.1. The zero-order valence-corrected chi connectivity index (χ0v) is 22.4.